The van der Waals surface area contributed by atoms with Crippen molar-refractivity contribution in [3.63, 3.8) is 0 Å². The van der Waals surface area contributed by atoms with Gasteiger partial charge in [0.05, 0.1) is 13.2 Å². The molecule has 0 fully saturated rings. The van der Waals surface area contributed by atoms with Crippen molar-refractivity contribution in [1.29, 1.82) is 0 Å². The fourth-order valence-electron chi connectivity index (χ4n) is 0.804. The van der Waals surface area contributed by atoms with E-state index in [9.17, 15) is 35.1 Å². The fraction of sp³-hybridized carbons (Fsp3) is 1.00. The Morgan fingerprint density at radius 3 is 1.35 bits per heavy atom. The van der Waals surface area contributed by atoms with E-state index in [1.165, 1.54) is 0 Å². The summed E-state index contributed by atoms with van der Waals surface area (Å²) in [5, 5.41) is 8.96. The molecule has 0 spiro atoms. The van der Waals surface area contributed by atoms with Gasteiger partial charge in [0.2, 0.25) is 0 Å². The van der Waals surface area contributed by atoms with Gasteiger partial charge in [0.15, 0.2) is 13.3 Å². The predicted octanol–water partition coefficient (Wildman–Crippen LogP) is 2.18. The van der Waals surface area contributed by atoms with Gasteiger partial charge in [0.1, 0.15) is 6.10 Å². The summed E-state index contributed by atoms with van der Waals surface area (Å²) >= 11 is 0. The number of rotatable bonds is 10. The molecule has 0 aromatic rings. The molecule has 0 aromatic carbocycles. The van der Waals surface area contributed by atoms with Gasteiger partial charge < -0.3 is 14.6 Å². The summed E-state index contributed by atoms with van der Waals surface area (Å²) < 4.78 is 105. The van der Waals surface area contributed by atoms with E-state index >= 15 is 0 Å². The van der Waals surface area contributed by atoms with Crippen LogP contribution >= 0.6 is 0 Å². The monoisotopic (exact) mass is 320 g/mol. The Hall–Kier alpha value is -0.680. The Balaban J connectivity index is 4.04. The third kappa shape index (κ3) is 6.18. The quantitative estimate of drug-likeness (QED) is 0.627. The number of hydrogen-bond donors (Lipinski definition) is 1. The Bertz CT molecular complexity index is 252. The van der Waals surface area contributed by atoms with Crippen molar-refractivity contribution in [2.45, 2.75) is 30.7 Å². The number of aliphatic hydroxyl groups excluding tert-OH is 1. The highest BCUT2D eigenvalue weighted by Crippen LogP contribution is 2.24. The van der Waals surface area contributed by atoms with Crippen LogP contribution in [0.3, 0.4) is 0 Å². The first-order valence-corrected chi connectivity index (χ1v) is 5.13. The third-order valence-corrected chi connectivity index (χ3v) is 1.89. The molecule has 0 saturated carbocycles. The van der Waals surface area contributed by atoms with Crippen LogP contribution in [0.1, 0.15) is 0 Å². The zero-order valence-electron chi connectivity index (χ0n) is 9.85. The lowest BCUT2D eigenvalue weighted by molar-refractivity contribution is -0.229. The molecule has 20 heavy (non-hydrogen) atoms. The summed E-state index contributed by atoms with van der Waals surface area (Å²) in [6, 6.07) is 0. The molecule has 0 aliphatic heterocycles. The predicted molar refractivity (Wildman–Crippen MR) is 49.5 cm³/mol. The Morgan fingerprint density at radius 1 is 0.800 bits per heavy atom. The molecule has 0 aromatic heterocycles. The van der Waals surface area contributed by atoms with E-state index in [4.69, 9.17) is 5.11 Å². The molecular weight excluding hydrogens is 308 g/mol. The Kier molecular flexibility index (Phi) is 7.66. The summed E-state index contributed by atoms with van der Waals surface area (Å²) in [5.41, 5.74) is 0. The van der Waals surface area contributed by atoms with Crippen LogP contribution < -0.4 is 0 Å². The van der Waals surface area contributed by atoms with Crippen molar-refractivity contribution in [2.75, 3.05) is 26.6 Å². The molecule has 2 atom stereocenters. The standard InChI is InChI=1S/C9H12F8O3/c10-3-8(14,15)6(12)19-1-5(18)2-20-7(13)9(16,17)4-11/h5-7,18H,1-4H2/t6-,7-/m0/s1. The van der Waals surface area contributed by atoms with Gasteiger partial charge in [-0.2, -0.15) is 17.6 Å². The minimum absolute atomic E-state index is 1.19. The van der Waals surface area contributed by atoms with Crippen molar-refractivity contribution in [2.24, 2.45) is 0 Å². The summed E-state index contributed by atoms with van der Waals surface area (Å²) in [4.78, 5) is 0. The van der Waals surface area contributed by atoms with Crippen LogP contribution in [0, 0.1) is 0 Å². The minimum atomic E-state index is -4.44. The van der Waals surface area contributed by atoms with Crippen LogP contribution in [-0.2, 0) is 9.47 Å². The maximum atomic E-state index is 12.6. The van der Waals surface area contributed by atoms with Crippen molar-refractivity contribution in [3.8, 4) is 0 Å². The normalized spacial score (nSPS) is 16.5. The van der Waals surface area contributed by atoms with Gasteiger partial charge in [-0.15, -0.1) is 0 Å². The van der Waals surface area contributed by atoms with Gasteiger partial charge in [-0.1, -0.05) is 0 Å². The molecule has 11 heteroatoms. The lowest BCUT2D eigenvalue weighted by Crippen LogP contribution is -2.39. The number of ether oxygens (including phenoxy) is 2. The van der Waals surface area contributed by atoms with Gasteiger partial charge in [0.25, 0.3) is 12.7 Å². The first kappa shape index (κ1) is 19.3. The molecule has 0 radical (unpaired) electrons. The highest BCUT2D eigenvalue weighted by Gasteiger charge is 2.43. The average molecular weight is 320 g/mol. The molecule has 0 unspecified atom stereocenters. The molecule has 1 N–H and O–H groups in total. The van der Waals surface area contributed by atoms with E-state index in [0.29, 0.717) is 0 Å². The average Bonchev–Trinajstić information content (AvgIpc) is 2.41. The second-order valence-corrected chi connectivity index (χ2v) is 3.74. The molecule has 0 aliphatic carbocycles. The molecule has 0 saturated heterocycles. The van der Waals surface area contributed by atoms with E-state index < -0.39 is 57.2 Å². The van der Waals surface area contributed by atoms with Crippen LogP contribution in [0.15, 0.2) is 0 Å². The first-order valence-electron chi connectivity index (χ1n) is 5.13. The number of alkyl halides is 8. The van der Waals surface area contributed by atoms with E-state index in [-0.39, 0.29) is 0 Å². The van der Waals surface area contributed by atoms with E-state index in [2.05, 4.69) is 9.47 Å². The summed E-state index contributed by atoms with van der Waals surface area (Å²) in [6.07, 6.45) is -8.71. The molecular formula is C9H12F8O3. The zero-order valence-corrected chi connectivity index (χ0v) is 9.85. The van der Waals surface area contributed by atoms with Gasteiger partial charge in [-0.05, 0) is 0 Å². The molecule has 0 amide bonds. The minimum Gasteiger partial charge on any atom is -0.388 e. The van der Waals surface area contributed by atoms with Crippen LogP contribution in [-0.4, -0.2) is 62.3 Å². The number of aliphatic hydroxyl groups is 1. The van der Waals surface area contributed by atoms with E-state index in [0.717, 1.165) is 0 Å². The van der Waals surface area contributed by atoms with Crippen molar-refractivity contribution in [3.05, 3.63) is 0 Å². The maximum absolute atomic E-state index is 12.6. The largest absolute Gasteiger partial charge is 0.388 e. The topological polar surface area (TPSA) is 38.7 Å². The van der Waals surface area contributed by atoms with Gasteiger partial charge in [-0.3, -0.25) is 0 Å². The lowest BCUT2D eigenvalue weighted by Gasteiger charge is -2.21. The second-order valence-electron chi connectivity index (χ2n) is 3.74. The fourth-order valence-corrected chi connectivity index (χ4v) is 0.804. The highest BCUT2D eigenvalue weighted by atomic mass is 19.3. The van der Waals surface area contributed by atoms with Crippen molar-refractivity contribution < 1.29 is 49.7 Å². The SMILES string of the molecule is OC(CO[C@H](F)C(F)(F)CF)CO[C@H](F)C(F)(F)CF. The smallest absolute Gasteiger partial charge is 0.330 e. The molecule has 0 heterocycles. The molecule has 0 aliphatic rings. The molecule has 122 valence electrons. The lowest BCUT2D eigenvalue weighted by atomic mass is 10.3. The second kappa shape index (κ2) is 7.93. The van der Waals surface area contributed by atoms with Crippen LogP contribution in [0.25, 0.3) is 0 Å². The molecule has 0 bridgehead atoms. The summed E-state index contributed by atoms with van der Waals surface area (Å²) in [6.45, 7) is -7.08. The number of hydrogen-bond acceptors (Lipinski definition) is 3. The third-order valence-electron chi connectivity index (χ3n) is 1.89. The van der Waals surface area contributed by atoms with Gasteiger partial charge in [-0.25, -0.2) is 17.6 Å². The van der Waals surface area contributed by atoms with Crippen LogP contribution in [0.2, 0.25) is 0 Å². The Labute approximate surface area is 108 Å². The maximum Gasteiger partial charge on any atom is 0.330 e. The molecule has 0 rings (SSSR count). The van der Waals surface area contributed by atoms with Crippen LogP contribution in [0.4, 0.5) is 35.1 Å². The van der Waals surface area contributed by atoms with E-state index in [1.54, 1.807) is 0 Å². The van der Waals surface area contributed by atoms with Gasteiger partial charge in [0, 0.05) is 0 Å². The molecule has 3 nitrogen and oxygen atoms in total. The zero-order chi connectivity index (χ0) is 16.0. The van der Waals surface area contributed by atoms with E-state index in [1.807, 2.05) is 0 Å². The first-order chi connectivity index (χ1) is 9.06. The highest BCUT2D eigenvalue weighted by molar-refractivity contribution is 4.70. The van der Waals surface area contributed by atoms with Crippen LogP contribution in [0.5, 0.6) is 0 Å². The number of halogens is 8. The summed E-state index contributed by atoms with van der Waals surface area (Å²) in [7, 11) is 0. The van der Waals surface area contributed by atoms with Crippen molar-refractivity contribution >= 4 is 0 Å². The van der Waals surface area contributed by atoms with Gasteiger partial charge >= 0.3 is 11.8 Å². The Morgan fingerprint density at radius 2 is 1.10 bits per heavy atom. The summed E-state index contributed by atoms with van der Waals surface area (Å²) in [5.74, 6) is -8.88. The van der Waals surface area contributed by atoms with Crippen molar-refractivity contribution in [1.82, 2.24) is 0 Å².